The van der Waals surface area contributed by atoms with Crippen molar-refractivity contribution < 1.29 is 14.1 Å². The lowest BCUT2D eigenvalue weighted by atomic mass is 9.75. The van der Waals surface area contributed by atoms with Gasteiger partial charge in [-0.2, -0.15) is 0 Å². The number of carbonyl (C=O) groups is 1. The van der Waals surface area contributed by atoms with Crippen molar-refractivity contribution in [3.05, 3.63) is 29.3 Å². The van der Waals surface area contributed by atoms with Gasteiger partial charge in [-0.3, -0.25) is 4.79 Å². The SMILES string of the molecule is Cc1cc(CC(=O)N2CCC2)ccc1B1OC(C)(C)C(C)(C)O1. The Morgan fingerprint density at radius 1 is 1.17 bits per heavy atom. The number of benzene rings is 1. The molecular weight excluding hydrogens is 289 g/mol. The van der Waals surface area contributed by atoms with Crippen LogP contribution in [0.2, 0.25) is 0 Å². The number of rotatable bonds is 3. The van der Waals surface area contributed by atoms with Gasteiger partial charge < -0.3 is 14.2 Å². The van der Waals surface area contributed by atoms with E-state index in [1.165, 1.54) is 0 Å². The lowest BCUT2D eigenvalue weighted by molar-refractivity contribution is -0.133. The topological polar surface area (TPSA) is 38.8 Å². The summed E-state index contributed by atoms with van der Waals surface area (Å²) in [5.74, 6) is 0.221. The number of aryl methyl sites for hydroxylation is 1. The molecular formula is C18H26BNO3. The largest absolute Gasteiger partial charge is 0.495 e. The molecule has 3 rings (SSSR count). The van der Waals surface area contributed by atoms with Crippen molar-refractivity contribution in [1.82, 2.24) is 4.90 Å². The Hall–Kier alpha value is -1.33. The summed E-state index contributed by atoms with van der Waals surface area (Å²) in [6.45, 7) is 12.1. The fraction of sp³-hybridized carbons (Fsp3) is 0.611. The number of nitrogens with zero attached hydrogens (tertiary/aromatic N) is 1. The Morgan fingerprint density at radius 3 is 2.26 bits per heavy atom. The fourth-order valence-electron chi connectivity index (χ4n) is 2.93. The van der Waals surface area contributed by atoms with E-state index < -0.39 is 0 Å². The zero-order chi connectivity index (χ0) is 16.8. The van der Waals surface area contributed by atoms with Crippen molar-refractivity contribution in [3.8, 4) is 0 Å². The lowest BCUT2D eigenvalue weighted by Gasteiger charge is -2.32. The minimum Gasteiger partial charge on any atom is -0.399 e. The number of amides is 1. The molecule has 2 heterocycles. The van der Waals surface area contributed by atoms with E-state index in [9.17, 15) is 4.79 Å². The van der Waals surface area contributed by atoms with Crippen LogP contribution in [-0.2, 0) is 20.5 Å². The molecule has 0 aliphatic carbocycles. The van der Waals surface area contributed by atoms with Gasteiger partial charge in [0.05, 0.1) is 17.6 Å². The Balaban J connectivity index is 1.74. The second-order valence-corrected chi connectivity index (χ2v) is 7.69. The van der Waals surface area contributed by atoms with Crippen molar-refractivity contribution in [2.24, 2.45) is 0 Å². The molecule has 0 spiro atoms. The summed E-state index contributed by atoms with van der Waals surface area (Å²) in [4.78, 5) is 14.0. The molecule has 2 aliphatic heterocycles. The monoisotopic (exact) mass is 315 g/mol. The first kappa shape index (κ1) is 16.5. The van der Waals surface area contributed by atoms with Crippen molar-refractivity contribution in [2.45, 2.75) is 58.7 Å². The molecule has 0 saturated carbocycles. The quantitative estimate of drug-likeness (QED) is 0.802. The van der Waals surface area contributed by atoms with Crippen LogP contribution in [0.5, 0.6) is 0 Å². The highest BCUT2D eigenvalue weighted by Crippen LogP contribution is 2.36. The molecule has 1 aromatic carbocycles. The molecule has 0 aromatic heterocycles. The number of hydrogen-bond donors (Lipinski definition) is 0. The van der Waals surface area contributed by atoms with Crippen molar-refractivity contribution >= 4 is 18.5 Å². The molecule has 0 N–H and O–H groups in total. The van der Waals surface area contributed by atoms with Gasteiger partial charge in [-0.1, -0.05) is 23.8 Å². The van der Waals surface area contributed by atoms with Gasteiger partial charge in [0.2, 0.25) is 5.91 Å². The molecule has 0 atom stereocenters. The summed E-state index contributed by atoms with van der Waals surface area (Å²) in [7, 11) is -0.347. The van der Waals surface area contributed by atoms with Gasteiger partial charge in [-0.15, -0.1) is 0 Å². The summed E-state index contributed by atoms with van der Waals surface area (Å²) in [5.41, 5.74) is 2.54. The molecule has 1 amide bonds. The van der Waals surface area contributed by atoms with Gasteiger partial charge in [0, 0.05) is 13.1 Å². The second-order valence-electron chi connectivity index (χ2n) is 7.69. The van der Waals surface area contributed by atoms with Crippen LogP contribution in [0.3, 0.4) is 0 Å². The molecule has 2 fully saturated rings. The smallest absolute Gasteiger partial charge is 0.399 e. The van der Waals surface area contributed by atoms with Gasteiger partial charge >= 0.3 is 7.12 Å². The van der Waals surface area contributed by atoms with Crippen molar-refractivity contribution in [1.29, 1.82) is 0 Å². The molecule has 4 nitrogen and oxygen atoms in total. The highest BCUT2D eigenvalue weighted by molar-refractivity contribution is 6.62. The average Bonchev–Trinajstić information content (AvgIpc) is 2.55. The molecule has 2 saturated heterocycles. The minimum atomic E-state index is -0.347. The molecule has 0 bridgehead atoms. The number of hydrogen-bond acceptors (Lipinski definition) is 3. The highest BCUT2D eigenvalue weighted by atomic mass is 16.7. The third kappa shape index (κ3) is 3.04. The zero-order valence-corrected chi connectivity index (χ0v) is 14.8. The van der Waals surface area contributed by atoms with E-state index in [1.807, 2.05) is 17.0 Å². The maximum Gasteiger partial charge on any atom is 0.495 e. The van der Waals surface area contributed by atoms with Crippen molar-refractivity contribution in [3.63, 3.8) is 0 Å². The van der Waals surface area contributed by atoms with Crippen LogP contribution < -0.4 is 5.46 Å². The summed E-state index contributed by atoms with van der Waals surface area (Å²) in [5, 5.41) is 0. The third-order valence-corrected chi connectivity index (χ3v) is 5.41. The number of likely N-dealkylation sites (tertiary alicyclic amines) is 1. The first-order valence-corrected chi connectivity index (χ1v) is 8.42. The van der Waals surface area contributed by atoms with E-state index in [0.29, 0.717) is 6.42 Å². The van der Waals surface area contributed by atoms with Crippen LogP contribution >= 0.6 is 0 Å². The molecule has 1 aromatic rings. The minimum absolute atomic E-state index is 0.221. The maximum atomic E-state index is 12.1. The summed E-state index contributed by atoms with van der Waals surface area (Å²) >= 11 is 0. The predicted octanol–water partition coefficient (Wildman–Crippen LogP) is 2.07. The first-order chi connectivity index (χ1) is 10.7. The Bertz CT molecular complexity index is 607. The van der Waals surface area contributed by atoms with E-state index in [0.717, 1.165) is 36.1 Å². The van der Waals surface area contributed by atoms with Gasteiger partial charge in [-0.05, 0) is 52.1 Å². The van der Waals surface area contributed by atoms with E-state index >= 15 is 0 Å². The molecule has 124 valence electrons. The molecule has 23 heavy (non-hydrogen) atoms. The van der Waals surface area contributed by atoms with Crippen LogP contribution in [0.15, 0.2) is 18.2 Å². The average molecular weight is 315 g/mol. The maximum absolute atomic E-state index is 12.1. The predicted molar refractivity (Wildman–Crippen MR) is 91.8 cm³/mol. The van der Waals surface area contributed by atoms with Crippen LogP contribution in [0.25, 0.3) is 0 Å². The Kier molecular flexibility index (Phi) is 4.05. The van der Waals surface area contributed by atoms with Crippen LogP contribution in [0, 0.1) is 6.92 Å². The van der Waals surface area contributed by atoms with Crippen LogP contribution in [0.1, 0.15) is 45.2 Å². The van der Waals surface area contributed by atoms with Crippen molar-refractivity contribution in [2.75, 3.05) is 13.1 Å². The van der Waals surface area contributed by atoms with Crippen LogP contribution in [-0.4, -0.2) is 42.2 Å². The standard InChI is InChI=1S/C18H26BNO3/c1-13-11-14(12-16(21)20-9-6-10-20)7-8-15(13)19-22-17(2,3)18(4,5)23-19/h7-8,11H,6,9-10,12H2,1-5H3. The normalized spacial score (nSPS) is 22.1. The Labute approximate surface area is 139 Å². The Morgan fingerprint density at radius 2 is 1.78 bits per heavy atom. The third-order valence-electron chi connectivity index (χ3n) is 5.41. The van der Waals surface area contributed by atoms with Gasteiger partial charge in [0.25, 0.3) is 0 Å². The fourth-order valence-corrected chi connectivity index (χ4v) is 2.93. The van der Waals surface area contributed by atoms with Gasteiger partial charge in [0.1, 0.15) is 0 Å². The van der Waals surface area contributed by atoms with Gasteiger partial charge in [0.15, 0.2) is 0 Å². The van der Waals surface area contributed by atoms with Crippen LogP contribution in [0.4, 0.5) is 0 Å². The highest BCUT2D eigenvalue weighted by Gasteiger charge is 2.52. The van der Waals surface area contributed by atoms with E-state index in [4.69, 9.17) is 9.31 Å². The summed E-state index contributed by atoms with van der Waals surface area (Å²) in [6, 6.07) is 6.14. The summed E-state index contributed by atoms with van der Waals surface area (Å²) < 4.78 is 12.2. The van der Waals surface area contributed by atoms with Gasteiger partial charge in [-0.25, -0.2) is 0 Å². The van der Waals surface area contributed by atoms with E-state index in [1.54, 1.807) is 0 Å². The lowest BCUT2D eigenvalue weighted by Crippen LogP contribution is -2.43. The molecule has 5 heteroatoms. The molecule has 2 aliphatic rings. The zero-order valence-electron chi connectivity index (χ0n) is 14.8. The first-order valence-electron chi connectivity index (χ1n) is 8.42. The van der Waals surface area contributed by atoms with E-state index in [2.05, 4.69) is 40.7 Å². The molecule has 0 unspecified atom stereocenters. The van der Waals surface area contributed by atoms with E-state index in [-0.39, 0.29) is 24.2 Å². The number of carbonyl (C=O) groups excluding carboxylic acids is 1. The second kappa shape index (κ2) is 5.64. The summed E-state index contributed by atoms with van der Waals surface area (Å²) in [6.07, 6.45) is 1.61. The molecule has 0 radical (unpaired) electrons.